The van der Waals surface area contributed by atoms with Gasteiger partial charge in [-0.05, 0) is 75.4 Å². The van der Waals surface area contributed by atoms with Crippen LogP contribution >= 0.6 is 11.6 Å². The number of benzene rings is 1. The Morgan fingerprint density at radius 2 is 1.64 bits per heavy atom. The zero-order valence-electron chi connectivity index (χ0n) is 21.0. The highest BCUT2D eigenvalue weighted by Gasteiger charge is 2.30. The number of nitrogens with zero attached hydrogens (tertiary/aromatic N) is 5. The lowest BCUT2D eigenvalue weighted by Crippen LogP contribution is -2.52. The van der Waals surface area contributed by atoms with Gasteiger partial charge in [-0.15, -0.1) is 0 Å². The topological polar surface area (TPSA) is 76.6 Å². The molecule has 0 aliphatic carbocycles. The summed E-state index contributed by atoms with van der Waals surface area (Å²) in [5.74, 6) is 1.80. The fourth-order valence-electron chi connectivity index (χ4n) is 5.70. The molecule has 194 valence electrons. The van der Waals surface area contributed by atoms with E-state index >= 15 is 0 Å². The fourth-order valence-corrected chi connectivity index (χ4v) is 5.83. The maximum Gasteiger partial charge on any atom is 0.321 e. The monoisotopic (exact) mass is 511 g/mol. The smallest absolute Gasteiger partial charge is 0.321 e. The lowest BCUT2D eigenvalue weighted by Gasteiger charge is -2.42. The molecule has 2 aromatic rings. The second-order valence-electron chi connectivity index (χ2n) is 10.3. The Morgan fingerprint density at radius 3 is 2.39 bits per heavy atom. The number of amides is 2. The Labute approximate surface area is 219 Å². The molecule has 0 saturated carbocycles. The van der Waals surface area contributed by atoms with Crippen LogP contribution in [0.2, 0.25) is 5.02 Å². The Hall–Kier alpha value is -2.58. The van der Waals surface area contributed by atoms with Crippen LogP contribution in [0, 0.1) is 0 Å². The molecule has 0 spiro atoms. The number of nitrogens with one attached hydrogen (secondary N) is 2. The largest absolute Gasteiger partial charge is 0.356 e. The summed E-state index contributed by atoms with van der Waals surface area (Å²) in [6, 6.07) is 10.1. The van der Waals surface area contributed by atoms with Gasteiger partial charge in [0, 0.05) is 61.7 Å². The Kier molecular flexibility index (Phi) is 8.43. The number of piperidine rings is 2. The second-order valence-corrected chi connectivity index (χ2v) is 10.7. The minimum absolute atomic E-state index is 0.0320. The third-order valence-electron chi connectivity index (χ3n) is 7.72. The van der Waals surface area contributed by atoms with E-state index in [0.29, 0.717) is 17.1 Å². The molecule has 0 radical (unpaired) electrons. The van der Waals surface area contributed by atoms with Crippen LogP contribution < -0.4 is 15.5 Å². The van der Waals surface area contributed by atoms with Gasteiger partial charge in [-0.1, -0.05) is 24.4 Å². The van der Waals surface area contributed by atoms with E-state index in [4.69, 9.17) is 16.6 Å². The van der Waals surface area contributed by atoms with Gasteiger partial charge in [-0.3, -0.25) is 4.90 Å². The van der Waals surface area contributed by atoms with Crippen LogP contribution in [-0.4, -0.2) is 77.2 Å². The summed E-state index contributed by atoms with van der Waals surface area (Å²) in [6.45, 7) is 5.85. The molecule has 1 unspecified atom stereocenters. The summed E-state index contributed by atoms with van der Waals surface area (Å²) in [5, 5.41) is 7.28. The number of carbonyl (C=O) groups is 1. The van der Waals surface area contributed by atoms with Gasteiger partial charge in [-0.25, -0.2) is 9.78 Å². The third-order valence-corrected chi connectivity index (χ3v) is 7.97. The number of hydrogen-bond donors (Lipinski definition) is 2. The fraction of sp³-hybridized carbons (Fsp3) is 0.593. The van der Waals surface area contributed by atoms with E-state index in [0.717, 1.165) is 76.0 Å². The van der Waals surface area contributed by atoms with Crippen molar-refractivity contribution in [2.45, 2.75) is 63.5 Å². The number of aromatic nitrogens is 2. The second kappa shape index (κ2) is 12.1. The molecule has 3 aliphatic rings. The molecular weight excluding hydrogens is 474 g/mol. The molecule has 3 saturated heterocycles. The Balaban J connectivity index is 1.11. The Morgan fingerprint density at radius 1 is 0.889 bits per heavy atom. The predicted octanol–water partition coefficient (Wildman–Crippen LogP) is 5.08. The number of urea groups is 1. The standard InChI is InChI=1S/C27H38ClN7O/c28-21-7-9-22(10-8-21)31-27(36)34-18-12-24(13-19-34)35-17-5-6-23(20-35)30-26-29-14-11-25(32-26)33-15-3-1-2-4-16-33/h7-11,14,23-24H,1-6,12-13,15-20H2,(H,31,36)(H,29,30,32). The summed E-state index contributed by atoms with van der Waals surface area (Å²) in [7, 11) is 0. The normalized spacial score (nSPS) is 22.2. The van der Waals surface area contributed by atoms with Gasteiger partial charge in [-0.2, -0.15) is 4.98 Å². The van der Waals surface area contributed by atoms with Crippen LogP contribution in [0.3, 0.4) is 0 Å². The van der Waals surface area contributed by atoms with Gasteiger partial charge in [0.25, 0.3) is 0 Å². The highest BCUT2D eigenvalue weighted by Crippen LogP contribution is 2.24. The quantitative estimate of drug-likeness (QED) is 0.582. The van der Waals surface area contributed by atoms with E-state index in [9.17, 15) is 4.79 Å². The molecule has 4 heterocycles. The highest BCUT2D eigenvalue weighted by atomic mass is 35.5. The third kappa shape index (κ3) is 6.59. The SMILES string of the molecule is O=C(Nc1ccc(Cl)cc1)N1CCC(N2CCCC(Nc3nccc(N4CCCCCC4)n3)C2)CC1. The summed E-state index contributed by atoms with van der Waals surface area (Å²) >= 11 is 5.95. The summed E-state index contributed by atoms with van der Waals surface area (Å²) < 4.78 is 0. The predicted molar refractivity (Wildman–Crippen MR) is 146 cm³/mol. The van der Waals surface area contributed by atoms with E-state index in [1.807, 2.05) is 29.3 Å². The van der Waals surface area contributed by atoms with Gasteiger partial charge in [0.2, 0.25) is 5.95 Å². The molecule has 3 fully saturated rings. The van der Waals surface area contributed by atoms with Crippen LogP contribution in [0.1, 0.15) is 51.4 Å². The number of halogens is 1. The van der Waals surface area contributed by atoms with Crippen molar-refractivity contribution >= 4 is 35.1 Å². The van der Waals surface area contributed by atoms with Gasteiger partial charge in [0.05, 0.1) is 0 Å². The summed E-state index contributed by atoms with van der Waals surface area (Å²) in [6.07, 6.45) is 11.3. The molecule has 8 nitrogen and oxygen atoms in total. The van der Waals surface area contributed by atoms with Gasteiger partial charge < -0.3 is 20.4 Å². The van der Waals surface area contributed by atoms with E-state index in [1.54, 1.807) is 12.1 Å². The van der Waals surface area contributed by atoms with Crippen molar-refractivity contribution in [1.29, 1.82) is 0 Å². The first-order valence-corrected chi connectivity index (χ1v) is 13.9. The van der Waals surface area contributed by atoms with Crippen molar-refractivity contribution in [3.63, 3.8) is 0 Å². The molecule has 2 amide bonds. The van der Waals surface area contributed by atoms with Crippen LogP contribution in [0.25, 0.3) is 0 Å². The zero-order valence-corrected chi connectivity index (χ0v) is 21.8. The lowest BCUT2D eigenvalue weighted by atomic mass is 9.98. The molecular formula is C27H38ClN7O. The van der Waals surface area contributed by atoms with Gasteiger partial charge in [0.15, 0.2) is 0 Å². The summed E-state index contributed by atoms with van der Waals surface area (Å²) in [4.78, 5) is 29.0. The molecule has 3 aliphatic heterocycles. The lowest BCUT2D eigenvalue weighted by molar-refractivity contribution is 0.0997. The molecule has 5 rings (SSSR count). The van der Waals surface area contributed by atoms with Crippen molar-refractivity contribution in [3.05, 3.63) is 41.6 Å². The average molecular weight is 512 g/mol. The molecule has 1 atom stereocenters. The van der Waals surface area contributed by atoms with Crippen LogP contribution in [0.5, 0.6) is 0 Å². The minimum Gasteiger partial charge on any atom is -0.356 e. The first-order chi connectivity index (χ1) is 17.6. The number of rotatable bonds is 5. The van der Waals surface area contributed by atoms with E-state index in [-0.39, 0.29) is 6.03 Å². The highest BCUT2D eigenvalue weighted by molar-refractivity contribution is 6.30. The van der Waals surface area contributed by atoms with Crippen molar-refractivity contribution in [2.24, 2.45) is 0 Å². The molecule has 9 heteroatoms. The first kappa shape index (κ1) is 25.1. The summed E-state index contributed by atoms with van der Waals surface area (Å²) in [5.41, 5.74) is 0.776. The molecule has 2 N–H and O–H groups in total. The van der Waals surface area contributed by atoms with Crippen molar-refractivity contribution in [2.75, 3.05) is 54.8 Å². The van der Waals surface area contributed by atoms with Crippen LogP contribution in [0.4, 0.5) is 22.2 Å². The van der Waals surface area contributed by atoms with E-state index in [1.165, 1.54) is 32.1 Å². The van der Waals surface area contributed by atoms with Crippen LogP contribution in [-0.2, 0) is 0 Å². The molecule has 1 aromatic carbocycles. The maximum absolute atomic E-state index is 12.7. The van der Waals surface area contributed by atoms with Gasteiger partial charge in [0.1, 0.15) is 5.82 Å². The maximum atomic E-state index is 12.7. The number of likely N-dealkylation sites (tertiary alicyclic amines) is 2. The van der Waals surface area contributed by atoms with E-state index < -0.39 is 0 Å². The minimum atomic E-state index is -0.0320. The molecule has 36 heavy (non-hydrogen) atoms. The van der Waals surface area contributed by atoms with Crippen LogP contribution in [0.15, 0.2) is 36.5 Å². The van der Waals surface area contributed by atoms with E-state index in [2.05, 4.69) is 25.4 Å². The number of hydrogen-bond acceptors (Lipinski definition) is 6. The van der Waals surface area contributed by atoms with Crippen molar-refractivity contribution in [3.8, 4) is 0 Å². The number of carbonyl (C=O) groups excluding carboxylic acids is 1. The zero-order chi connectivity index (χ0) is 24.7. The Bertz CT molecular complexity index is 988. The molecule has 0 bridgehead atoms. The van der Waals surface area contributed by atoms with Gasteiger partial charge >= 0.3 is 6.03 Å². The average Bonchev–Trinajstić information content (AvgIpc) is 3.20. The first-order valence-electron chi connectivity index (χ1n) is 13.5. The van der Waals surface area contributed by atoms with Crippen molar-refractivity contribution in [1.82, 2.24) is 19.8 Å². The van der Waals surface area contributed by atoms with Crippen molar-refractivity contribution < 1.29 is 4.79 Å². The molecule has 1 aromatic heterocycles. The number of anilines is 3.